The number of hydrogen-bond acceptors (Lipinski definition) is 4. The molecule has 4 nitrogen and oxygen atoms in total. The smallest absolute Gasteiger partial charge is 0.123 e. The van der Waals surface area contributed by atoms with Crippen LogP contribution in [-0.4, -0.2) is 48.0 Å². The Morgan fingerprint density at radius 3 is 2.04 bits per heavy atom. The highest BCUT2D eigenvalue weighted by Gasteiger charge is 2.27. The van der Waals surface area contributed by atoms with E-state index in [1.807, 2.05) is 12.1 Å². The van der Waals surface area contributed by atoms with Gasteiger partial charge in [-0.2, -0.15) is 0 Å². The van der Waals surface area contributed by atoms with E-state index in [2.05, 4.69) is 15.0 Å². The monoisotopic (exact) mass is 375 g/mol. The maximum absolute atomic E-state index is 13.2. The summed E-state index contributed by atoms with van der Waals surface area (Å²) >= 11 is 0. The van der Waals surface area contributed by atoms with Crippen molar-refractivity contribution < 1.29 is 9.60 Å². The van der Waals surface area contributed by atoms with Crippen LogP contribution in [0.15, 0.2) is 29.4 Å². The molecule has 0 spiro atoms. The first-order valence-corrected chi connectivity index (χ1v) is 10.7. The summed E-state index contributed by atoms with van der Waals surface area (Å²) in [7, 11) is 0. The van der Waals surface area contributed by atoms with Gasteiger partial charge in [-0.1, -0.05) is 50.1 Å². The molecule has 150 valence electrons. The lowest BCUT2D eigenvalue weighted by Gasteiger charge is -2.40. The first-order valence-electron chi connectivity index (χ1n) is 10.7. The van der Waals surface area contributed by atoms with Crippen LogP contribution in [0.4, 0.5) is 10.1 Å². The maximum Gasteiger partial charge on any atom is 0.123 e. The second-order valence-corrected chi connectivity index (χ2v) is 7.97. The Kier molecular flexibility index (Phi) is 7.93. The third kappa shape index (κ3) is 5.93. The van der Waals surface area contributed by atoms with Gasteiger partial charge >= 0.3 is 0 Å². The molecule has 1 heterocycles. The number of nitrogens with zero attached hydrogens (tertiary/aromatic N) is 3. The lowest BCUT2D eigenvalue weighted by Crippen LogP contribution is -2.52. The van der Waals surface area contributed by atoms with E-state index in [1.54, 1.807) is 0 Å². The van der Waals surface area contributed by atoms with Gasteiger partial charge in [-0.15, -0.1) is 0 Å². The van der Waals surface area contributed by atoms with Crippen molar-refractivity contribution in [3.05, 3.63) is 30.1 Å². The molecule has 3 rings (SSSR count). The minimum atomic E-state index is -0.186. The molecular weight excluding hydrogens is 341 g/mol. The molecular formula is C22H34FN3O. The molecule has 27 heavy (non-hydrogen) atoms. The molecule has 1 aliphatic carbocycles. The number of hydrogen-bond donors (Lipinski definition) is 1. The highest BCUT2D eigenvalue weighted by molar-refractivity contribution is 5.89. The van der Waals surface area contributed by atoms with Gasteiger partial charge < -0.3 is 10.1 Å². The summed E-state index contributed by atoms with van der Waals surface area (Å²) < 4.78 is 13.2. The summed E-state index contributed by atoms with van der Waals surface area (Å²) in [6.07, 6.45) is 12.2. The van der Waals surface area contributed by atoms with Crippen LogP contribution in [0, 0.1) is 5.82 Å². The molecule has 0 bridgehead atoms. The second kappa shape index (κ2) is 10.6. The van der Waals surface area contributed by atoms with E-state index >= 15 is 0 Å². The Morgan fingerprint density at radius 2 is 1.41 bits per heavy atom. The first-order chi connectivity index (χ1) is 13.3. The Balaban J connectivity index is 1.60. The van der Waals surface area contributed by atoms with E-state index in [4.69, 9.17) is 0 Å². The summed E-state index contributed by atoms with van der Waals surface area (Å²) in [4.78, 5) is 4.82. The SMILES string of the molecule is ON=C1CCCCCCCCCCC1N1CCN(c2ccc(F)cc2)CC1. The molecule has 0 radical (unpaired) electrons. The number of benzene rings is 1. The van der Waals surface area contributed by atoms with Crippen LogP contribution in [0.25, 0.3) is 0 Å². The molecule has 1 N–H and O–H groups in total. The largest absolute Gasteiger partial charge is 0.411 e. The Hall–Kier alpha value is -1.62. The maximum atomic E-state index is 13.2. The number of oxime groups is 1. The lowest BCUT2D eigenvalue weighted by atomic mass is 9.95. The standard InChI is InChI=1S/C22H34FN3O/c23-19-11-13-20(14-12-19)25-15-17-26(18-16-25)22-10-8-6-4-2-1-3-5-7-9-21(22)24-27/h11-14,22,27H,1-10,15-18H2. The van der Waals surface area contributed by atoms with Gasteiger partial charge in [0.25, 0.3) is 0 Å². The van der Waals surface area contributed by atoms with Crippen LogP contribution in [0.5, 0.6) is 0 Å². The zero-order valence-corrected chi connectivity index (χ0v) is 16.5. The molecule has 1 saturated carbocycles. The average molecular weight is 376 g/mol. The fraction of sp³-hybridized carbons (Fsp3) is 0.682. The summed E-state index contributed by atoms with van der Waals surface area (Å²) in [6.45, 7) is 3.78. The van der Waals surface area contributed by atoms with Gasteiger partial charge in [-0.25, -0.2) is 4.39 Å². The van der Waals surface area contributed by atoms with Crippen molar-refractivity contribution in [3.63, 3.8) is 0 Å². The number of rotatable bonds is 2. The van der Waals surface area contributed by atoms with Crippen molar-refractivity contribution in [2.75, 3.05) is 31.1 Å². The number of halogens is 1. The molecule has 0 amide bonds. The van der Waals surface area contributed by atoms with Crippen molar-refractivity contribution in [1.29, 1.82) is 0 Å². The van der Waals surface area contributed by atoms with E-state index < -0.39 is 0 Å². The normalized spacial score (nSPS) is 25.7. The van der Waals surface area contributed by atoms with E-state index in [0.717, 1.165) is 56.8 Å². The zero-order valence-electron chi connectivity index (χ0n) is 16.5. The Bertz CT molecular complexity index is 582. The van der Waals surface area contributed by atoms with Gasteiger partial charge in [0, 0.05) is 31.9 Å². The predicted octanol–water partition coefficient (Wildman–Crippen LogP) is 5.06. The fourth-order valence-corrected chi connectivity index (χ4v) is 4.49. The van der Waals surface area contributed by atoms with Gasteiger partial charge in [0.05, 0.1) is 11.8 Å². The summed E-state index contributed by atoms with van der Waals surface area (Å²) in [6, 6.07) is 7.06. The molecule has 1 atom stereocenters. The van der Waals surface area contributed by atoms with Crippen LogP contribution < -0.4 is 4.90 Å². The number of anilines is 1. The van der Waals surface area contributed by atoms with Gasteiger partial charge in [0.15, 0.2) is 0 Å². The fourth-order valence-electron chi connectivity index (χ4n) is 4.49. The van der Waals surface area contributed by atoms with Crippen molar-refractivity contribution in [2.24, 2.45) is 5.16 Å². The summed E-state index contributed by atoms with van der Waals surface area (Å²) in [5, 5.41) is 13.4. The molecule has 2 aliphatic rings. The van der Waals surface area contributed by atoms with Gasteiger partial charge in [0.2, 0.25) is 0 Å². The highest BCUT2D eigenvalue weighted by atomic mass is 19.1. The molecule has 0 aromatic heterocycles. The lowest BCUT2D eigenvalue weighted by molar-refractivity contribution is 0.208. The van der Waals surface area contributed by atoms with Crippen molar-refractivity contribution in [3.8, 4) is 0 Å². The minimum Gasteiger partial charge on any atom is -0.411 e. The van der Waals surface area contributed by atoms with E-state index in [0.29, 0.717) is 0 Å². The minimum absolute atomic E-state index is 0.186. The van der Waals surface area contributed by atoms with Crippen LogP contribution >= 0.6 is 0 Å². The molecule has 2 fully saturated rings. The van der Waals surface area contributed by atoms with E-state index in [-0.39, 0.29) is 11.9 Å². The molecule has 5 heteroatoms. The molecule has 1 unspecified atom stereocenters. The molecule has 1 aromatic carbocycles. The average Bonchev–Trinajstić information content (AvgIpc) is 2.69. The Morgan fingerprint density at radius 1 is 0.815 bits per heavy atom. The molecule has 1 aromatic rings. The zero-order chi connectivity index (χ0) is 18.9. The molecule has 1 saturated heterocycles. The highest BCUT2D eigenvalue weighted by Crippen LogP contribution is 2.22. The van der Waals surface area contributed by atoms with Crippen molar-refractivity contribution in [2.45, 2.75) is 70.3 Å². The van der Waals surface area contributed by atoms with Crippen LogP contribution in [0.2, 0.25) is 0 Å². The predicted molar refractivity (Wildman–Crippen MR) is 109 cm³/mol. The second-order valence-electron chi connectivity index (χ2n) is 7.97. The van der Waals surface area contributed by atoms with Crippen LogP contribution in [-0.2, 0) is 0 Å². The van der Waals surface area contributed by atoms with Crippen LogP contribution in [0.3, 0.4) is 0 Å². The van der Waals surface area contributed by atoms with Crippen molar-refractivity contribution in [1.82, 2.24) is 4.90 Å². The third-order valence-electron chi connectivity index (χ3n) is 6.12. The quantitative estimate of drug-likeness (QED) is 0.580. The third-order valence-corrected chi connectivity index (χ3v) is 6.12. The van der Waals surface area contributed by atoms with Crippen molar-refractivity contribution >= 4 is 11.4 Å². The van der Waals surface area contributed by atoms with E-state index in [9.17, 15) is 9.60 Å². The van der Waals surface area contributed by atoms with Gasteiger partial charge in [0.1, 0.15) is 5.82 Å². The van der Waals surface area contributed by atoms with Gasteiger partial charge in [-0.05, 0) is 43.5 Å². The topological polar surface area (TPSA) is 39.1 Å². The molecule has 1 aliphatic heterocycles. The first kappa shape index (κ1) is 20.1. The van der Waals surface area contributed by atoms with Gasteiger partial charge in [-0.3, -0.25) is 4.90 Å². The van der Waals surface area contributed by atoms with Crippen LogP contribution in [0.1, 0.15) is 64.2 Å². The Labute approximate surface area is 163 Å². The van der Waals surface area contributed by atoms with E-state index in [1.165, 1.54) is 57.1 Å². The summed E-state index contributed by atoms with van der Waals surface area (Å²) in [5.41, 5.74) is 2.07. The summed E-state index contributed by atoms with van der Waals surface area (Å²) in [5.74, 6) is -0.186. The number of piperazine rings is 1.